The number of hydrogen-bond acceptors (Lipinski definition) is 4. The number of β-amino-alcohol motifs (C(OH)–C–C–N with tert-alkyl or cyclic N) is 1. The molecule has 1 aliphatic heterocycles. The number of rotatable bonds is 5. The lowest BCUT2D eigenvalue weighted by Gasteiger charge is -2.43. The summed E-state index contributed by atoms with van der Waals surface area (Å²) in [5.74, 6) is 0.855. The molecule has 0 bridgehead atoms. The minimum atomic E-state index is -0.615. The maximum absolute atomic E-state index is 10.4. The average Bonchev–Trinajstić information content (AvgIpc) is 2.47. The highest BCUT2D eigenvalue weighted by Gasteiger charge is 2.34. The van der Waals surface area contributed by atoms with Gasteiger partial charge in [-0.25, -0.2) is 0 Å². The third-order valence-electron chi connectivity index (χ3n) is 4.43. The zero-order valence-electron chi connectivity index (χ0n) is 13.4. The average molecular weight is 292 g/mol. The molecule has 4 heteroatoms. The SMILES string of the molecule is CCC(N)C(c1ccc(OC)cc1)N1CCCC(C)(O)C1. The summed E-state index contributed by atoms with van der Waals surface area (Å²) in [6.07, 6.45) is 2.78. The van der Waals surface area contributed by atoms with Gasteiger partial charge in [-0.15, -0.1) is 0 Å². The molecule has 1 saturated heterocycles. The van der Waals surface area contributed by atoms with E-state index in [4.69, 9.17) is 10.5 Å². The number of hydrogen-bond donors (Lipinski definition) is 2. The summed E-state index contributed by atoms with van der Waals surface area (Å²) in [7, 11) is 1.67. The van der Waals surface area contributed by atoms with Crippen LogP contribution in [0.3, 0.4) is 0 Å². The van der Waals surface area contributed by atoms with Crippen LogP contribution in [0.4, 0.5) is 0 Å². The molecule has 4 nitrogen and oxygen atoms in total. The molecule has 3 N–H and O–H groups in total. The number of benzene rings is 1. The highest BCUT2D eigenvalue weighted by Crippen LogP contribution is 2.32. The van der Waals surface area contributed by atoms with E-state index < -0.39 is 5.60 Å². The first-order valence-electron chi connectivity index (χ1n) is 7.83. The Balaban J connectivity index is 2.24. The van der Waals surface area contributed by atoms with Crippen molar-refractivity contribution >= 4 is 0 Å². The summed E-state index contributed by atoms with van der Waals surface area (Å²) in [6.45, 7) is 5.70. The maximum Gasteiger partial charge on any atom is 0.118 e. The fourth-order valence-corrected chi connectivity index (χ4v) is 3.25. The zero-order valence-corrected chi connectivity index (χ0v) is 13.4. The molecule has 1 aromatic rings. The Morgan fingerprint density at radius 1 is 1.38 bits per heavy atom. The van der Waals surface area contributed by atoms with Crippen LogP contribution < -0.4 is 10.5 Å². The molecule has 3 unspecified atom stereocenters. The number of methoxy groups -OCH3 is 1. The van der Waals surface area contributed by atoms with Crippen molar-refractivity contribution in [2.75, 3.05) is 20.2 Å². The van der Waals surface area contributed by atoms with Gasteiger partial charge in [0.2, 0.25) is 0 Å². The van der Waals surface area contributed by atoms with Crippen LogP contribution in [-0.4, -0.2) is 41.8 Å². The quantitative estimate of drug-likeness (QED) is 0.874. The van der Waals surface area contributed by atoms with Gasteiger partial charge in [-0.1, -0.05) is 19.1 Å². The first-order chi connectivity index (χ1) is 9.96. The molecular formula is C17H28N2O2. The van der Waals surface area contributed by atoms with E-state index in [0.717, 1.165) is 31.6 Å². The van der Waals surface area contributed by atoms with E-state index in [1.165, 1.54) is 5.56 Å². The van der Waals surface area contributed by atoms with E-state index in [1.54, 1.807) is 7.11 Å². The molecule has 1 aromatic carbocycles. The van der Waals surface area contributed by atoms with Gasteiger partial charge in [0.1, 0.15) is 5.75 Å². The Hall–Kier alpha value is -1.10. The minimum absolute atomic E-state index is 0.0623. The van der Waals surface area contributed by atoms with Gasteiger partial charge in [0.25, 0.3) is 0 Å². The Morgan fingerprint density at radius 3 is 2.57 bits per heavy atom. The van der Waals surface area contributed by atoms with Crippen LogP contribution >= 0.6 is 0 Å². The van der Waals surface area contributed by atoms with Crippen molar-refractivity contribution in [3.8, 4) is 5.75 Å². The normalized spacial score (nSPS) is 26.3. The van der Waals surface area contributed by atoms with Gasteiger partial charge in [-0.2, -0.15) is 0 Å². The van der Waals surface area contributed by atoms with Crippen molar-refractivity contribution in [1.82, 2.24) is 4.90 Å². The Bertz CT molecular complexity index is 445. The van der Waals surface area contributed by atoms with E-state index >= 15 is 0 Å². The molecule has 2 rings (SSSR count). The highest BCUT2D eigenvalue weighted by molar-refractivity contribution is 5.30. The largest absolute Gasteiger partial charge is 0.497 e. The van der Waals surface area contributed by atoms with Crippen molar-refractivity contribution in [1.29, 1.82) is 0 Å². The summed E-state index contributed by atoms with van der Waals surface area (Å²) >= 11 is 0. The Labute approximate surface area is 127 Å². The van der Waals surface area contributed by atoms with Gasteiger partial charge >= 0.3 is 0 Å². The summed E-state index contributed by atoms with van der Waals surface area (Å²) in [5, 5.41) is 10.4. The second-order valence-electron chi connectivity index (χ2n) is 6.36. The predicted octanol–water partition coefficient (Wildman–Crippen LogP) is 2.32. The first-order valence-corrected chi connectivity index (χ1v) is 7.83. The molecule has 0 saturated carbocycles. The second kappa shape index (κ2) is 6.77. The van der Waals surface area contributed by atoms with Crippen molar-refractivity contribution < 1.29 is 9.84 Å². The molecule has 1 fully saturated rings. The topological polar surface area (TPSA) is 58.7 Å². The number of ether oxygens (including phenoxy) is 1. The summed E-state index contributed by atoms with van der Waals surface area (Å²) in [5.41, 5.74) is 6.97. The lowest BCUT2D eigenvalue weighted by atomic mass is 9.89. The van der Waals surface area contributed by atoms with Crippen molar-refractivity contribution in [2.45, 2.75) is 50.8 Å². The minimum Gasteiger partial charge on any atom is -0.497 e. The second-order valence-corrected chi connectivity index (χ2v) is 6.36. The van der Waals surface area contributed by atoms with Crippen LogP contribution in [0.5, 0.6) is 5.75 Å². The molecule has 0 amide bonds. The molecule has 0 aromatic heterocycles. The fraction of sp³-hybridized carbons (Fsp3) is 0.647. The van der Waals surface area contributed by atoms with E-state index in [-0.39, 0.29) is 12.1 Å². The van der Waals surface area contributed by atoms with Gasteiger partial charge in [-0.05, 0) is 50.4 Å². The molecule has 0 spiro atoms. The Morgan fingerprint density at radius 2 is 2.05 bits per heavy atom. The van der Waals surface area contributed by atoms with Crippen LogP contribution in [0.2, 0.25) is 0 Å². The third-order valence-corrected chi connectivity index (χ3v) is 4.43. The van der Waals surface area contributed by atoms with Gasteiger partial charge in [0.05, 0.1) is 12.7 Å². The fourth-order valence-electron chi connectivity index (χ4n) is 3.25. The standard InChI is InChI=1S/C17H28N2O2/c1-4-15(18)16(13-6-8-14(21-3)9-7-13)19-11-5-10-17(2,20)12-19/h6-9,15-16,20H,4-5,10-12,18H2,1-3H3. The van der Waals surface area contributed by atoms with Crippen LogP contribution in [0.25, 0.3) is 0 Å². The number of piperidine rings is 1. The molecule has 0 aliphatic carbocycles. The van der Waals surface area contributed by atoms with E-state index in [2.05, 4.69) is 24.0 Å². The molecule has 1 aliphatic rings. The van der Waals surface area contributed by atoms with Crippen molar-refractivity contribution in [2.24, 2.45) is 5.73 Å². The molecule has 118 valence electrons. The van der Waals surface area contributed by atoms with Gasteiger partial charge in [0, 0.05) is 18.6 Å². The molecular weight excluding hydrogens is 264 g/mol. The van der Waals surface area contributed by atoms with Crippen molar-refractivity contribution in [3.05, 3.63) is 29.8 Å². The smallest absolute Gasteiger partial charge is 0.118 e. The van der Waals surface area contributed by atoms with E-state index in [9.17, 15) is 5.11 Å². The zero-order chi connectivity index (χ0) is 15.5. The molecule has 21 heavy (non-hydrogen) atoms. The lowest BCUT2D eigenvalue weighted by molar-refractivity contribution is -0.0343. The Kier molecular flexibility index (Phi) is 5.25. The van der Waals surface area contributed by atoms with Crippen LogP contribution in [-0.2, 0) is 0 Å². The predicted molar refractivity (Wildman–Crippen MR) is 85.4 cm³/mol. The number of likely N-dealkylation sites (tertiary alicyclic amines) is 1. The molecule has 1 heterocycles. The van der Waals surface area contributed by atoms with Crippen molar-refractivity contribution in [3.63, 3.8) is 0 Å². The van der Waals surface area contributed by atoms with Gasteiger partial charge < -0.3 is 15.6 Å². The van der Waals surface area contributed by atoms with Gasteiger partial charge in [0.15, 0.2) is 0 Å². The number of aliphatic hydroxyl groups is 1. The third kappa shape index (κ3) is 3.96. The molecule has 3 atom stereocenters. The van der Waals surface area contributed by atoms with E-state index in [1.807, 2.05) is 19.1 Å². The summed E-state index contributed by atoms with van der Waals surface area (Å²) in [6, 6.07) is 8.34. The lowest BCUT2D eigenvalue weighted by Crippen LogP contribution is -2.51. The first kappa shape index (κ1) is 16.3. The summed E-state index contributed by atoms with van der Waals surface area (Å²) < 4.78 is 5.23. The molecule has 0 radical (unpaired) electrons. The van der Waals surface area contributed by atoms with Crippen LogP contribution in [0, 0.1) is 0 Å². The number of nitrogens with zero attached hydrogens (tertiary/aromatic N) is 1. The highest BCUT2D eigenvalue weighted by atomic mass is 16.5. The summed E-state index contributed by atoms with van der Waals surface area (Å²) in [4.78, 5) is 2.33. The maximum atomic E-state index is 10.4. The number of nitrogens with two attached hydrogens (primary N) is 1. The van der Waals surface area contributed by atoms with E-state index in [0.29, 0.717) is 6.54 Å². The van der Waals surface area contributed by atoms with Crippen LogP contribution in [0.1, 0.15) is 44.7 Å². The monoisotopic (exact) mass is 292 g/mol. The van der Waals surface area contributed by atoms with Gasteiger partial charge in [-0.3, -0.25) is 4.90 Å². The van der Waals surface area contributed by atoms with Crippen LogP contribution in [0.15, 0.2) is 24.3 Å².